The Morgan fingerprint density at radius 3 is 1.48 bits per heavy atom. The van der Waals surface area contributed by atoms with E-state index < -0.39 is 16.6 Å². The van der Waals surface area contributed by atoms with Crippen molar-refractivity contribution in [3.05, 3.63) is 71.8 Å². The Labute approximate surface area is 162 Å². The molecule has 2 aromatic carbocycles. The fourth-order valence-corrected chi connectivity index (χ4v) is 4.09. The van der Waals surface area contributed by atoms with E-state index in [0.29, 0.717) is 0 Å². The highest BCUT2D eigenvalue weighted by Crippen LogP contribution is 2.48. The average molecular weight is 364 g/mol. The monoisotopic (exact) mass is 363 g/mol. The molecule has 0 aromatic heterocycles. The van der Waals surface area contributed by atoms with Gasteiger partial charge in [0.2, 0.25) is 5.96 Å². The summed E-state index contributed by atoms with van der Waals surface area (Å²) < 4.78 is 0. The highest BCUT2D eigenvalue weighted by atomic mass is 16.2. The van der Waals surface area contributed by atoms with Gasteiger partial charge in [0.05, 0.1) is 0 Å². The molecule has 1 fully saturated rings. The number of carbonyl (C=O) groups excluding carboxylic acids is 1. The van der Waals surface area contributed by atoms with E-state index in [1.54, 1.807) is 4.90 Å². The van der Waals surface area contributed by atoms with E-state index in [1.807, 2.05) is 86.3 Å². The van der Waals surface area contributed by atoms with Crippen LogP contribution in [0.25, 0.3) is 0 Å². The number of carbonyl (C=O) groups is 1. The van der Waals surface area contributed by atoms with Crippen LogP contribution in [-0.2, 0) is 10.3 Å². The molecule has 4 nitrogen and oxygen atoms in total. The van der Waals surface area contributed by atoms with Gasteiger partial charge in [0, 0.05) is 11.1 Å². The van der Waals surface area contributed by atoms with Crippen LogP contribution in [0.3, 0.4) is 0 Å². The normalized spacial score (nSPS) is 17.6. The second-order valence-corrected chi connectivity index (χ2v) is 9.08. The Morgan fingerprint density at radius 1 is 0.741 bits per heavy atom. The zero-order chi connectivity index (χ0) is 20.0. The smallest absolute Gasteiger partial charge is 0.265 e. The quantitative estimate of drug-likeness (QED) is 0.847. The maximum Gasteiger partial charge on any atom is 0.265 e. The third-order valence-electron chi connectivity index (χ3n) is 5.00. The van der Waals surface area contributed by atoms with E-state index in [2.05, 4.69) is 20.8 Å². The Balaban J connectivity index is 2.42. The average Bonchev–Trinajstić information content (AvgIpc) is 2.84. The van der Waals surface area contributed by atoms with Gasteiger partial charge >= 0.3 is 0 Å². The Morgan fingerprint density at radius 2 is 1.15 bits per heavy atom. The fourth-order valence-electron chi connectivity index (χ4n) is 4.09. The number of benzene rings is 2. The Kier molecular flexibility index (Phi) is 4.41. The Bertz CT molecular complexity index is 805. The lowest BCUT2D eigenvalue weighted by molar-refractivity contribution is -0.135. The second kappa shape index (κ2) is 6.22. The van der Waals surface area contributed by atoms with Crippen LogP contribution in [0.15, 0.2) is 60.7 Å². The van der Waals surface area contributed by atoms with Crippen LogP contribution in [-0.4, -0.2) is 32.7 Å². The molecule has 1 aliphatic heterocycles. The van der Waals surface area contributed by atoms with Gasteiger partial charge in [-0.15, -0.1) is 0 Å². The van der Waals surface area contributed by atoms with Gasteiger partial charge in [-0.25, -0.2) is 0 Å². The van der Waals surface area contributed by atoms with Crippen LogP contribution in [0.2, 0.25) is 0 Å². The van der Waals surface area contributed by atoms with Gasteiger partial charge < -0.3 is 4.90 Å². The number of hydrogen-bond donors (Lipinski definition) is 1. The molecule has 0 atom stereocenters. The van der Waals surface area contributed by atoms with Crippen molar-refractivity contribution in [1.82, 2.24) is 9.80 Å². The maximum absolute atomic E-state index is 14.1. The Hall–Kier alpha value is -2.62. The van der Waals surface area contributed by atoms with Crippen molar-refractivity contribution in [2.24, 2.45) is 0 Å². The minimum Gasteiger partial charge on any atom is -0.315 e. The van der Waals surface area contributed by atoms with E-state index in [1.165, 1.54) is 0 Å². The molecular formula is C23H29N3O. The van der Waals surface area contributed by atoms with Gasteiger partial charge in [-0.2, -0.15) is 0 Å². The van der Waals surface area contributed by atoms with Crippen molar-refractivity contribution in [1.29, 1.82) is 5.41 Å². The second-order valence-electron chi connectivity index (χ2n) is 9.08. The van der Waals surface area contributed by atoms with E-state index in [9.17, 15) is 4.79 Å². The van der Waals surface area contributed by atoms with Crippen LogP contribution in [0.5, 0.6) is 0 Å². The van der Waals surface area contributed by atoms with Gasteiger partial charge in [-0.3, -0.25) is 15.1 Å². The summed E-state index contributed by atoms with van der Waals surface area (Å²) in [5.74, 6) is 0.167. The molecule has 4 heteroatoms. The van der Waals surface area contributed by atoms with Gasteiger partial charge in [0.15, 0.2) is 5.54 Å². The van der Waals surface area contributed by atoms with E-state index in [4.69, 9.17) is 5.41 Å². The third kappa shape index (κ3) is 2.84. The fraction of sp³-hybridized carbons (Fsp3) is 0.391. The van der Waals surface area contributed by atoms with Gasteiger partial charge in [-0.05, 0) is 52.7 Å². The summed E-state index contributed by atoms with van der Waals surface area (Å²) in [5.41, 5.74) is -0.229. The van der Waals surface area contributed by atoms with Crippen molar-refractivity contribution >= 4 is 11.9 Å². The van der Waals surface area contributed by atoms with Gasteiger partial charge in [-0.1, -0.05) is 60.7 Å². The summed E-state index contributed by atoms with van der Waals surface area (Å²) in [6.45, 7) is 12.1. The molecule has 0 spiro atoms. The summed E-state index contributed by atoms with van der Waals surface area (Å²) in [6, 6.07) is 19.7. The minimum absolute atomic E-state index is 0.0766. The standard InChI is InChI=1S/C23H29N3O/c1-21(2,3)25-19(27)23(17-13-9-7-10-14-17,18-15-11-8-12-16-18)26(20(25)24)22(4,5)6/h7-16,24H,1-6H3. The summed E-state index contributed by atoms with van der Waals surface area (Å²) >= 11 is 0. The van der Waals surface area contributed by atoms with Crippen LogP contribution in [0, 0.1) is 5.41 Å². The molecule has 0 aliphatic carbocycles. The molecule has 1 amide bonds. The topological polar surface area (TPSA) is 47.4 Å². The molecule has 0 bridgehead atoms. The van der Waals surface area contributed by atoms with Crippen LogP contribution >= 0.6 is 0 Å². The molecule has 27 heavy (non-hydrogen) atoms. The highest BCUT2D eigenvalue weighted by molar-refractivity contribution is 6.11. The lowest BCUT2D eigenvalue weighted by Gasteiger charge is -2.45. The first kappa shape index (κ1) is 19.2. The molecule has 0 radical (unpaired) electrons. The summed E-state index contributed by atoms with van der Waals surface area (Å²) in [7, 11) is 0. The number of hydrogen-bond acceptors (Lipinski definition) is 2. The van der Waals surface area contributed by atoms with E-state index in [0.717, 1.165) is 11.1 Å². The predicted molar refractivity (Wildman–Crippen MR) is 110 cm³/mol. The van der Waals surface area contributed by atoms with Crippen molar-refractivity contribution in [3.63, 3.8) is 0 Å². The molecule has 1 saturated heterocycles. The highest BCUT2D eigenvalue weighted by Gasteiger charge is 2.62. The van der Waals surface area contributed by atoms with Crippen LogP contribution < -0.4 is 0 Å². The summed E-state index contributed by atoms with van der Waals surface area (Å²) in [6.07, 6.45) is 0. The first-order valence-corrected chi connectivity index (χ1v) is 9.37. The number of rotatable bonds is 2. The molecule has 1 heterocycles. The van der Waals surface area contributed by atoms with Crippen LogP contribution in [0.1, 0.15) is 52.7 Å². The molecule has 0 saturated carbocycles. The first-order valence-electron chi connectivity index (χ1n) is 9.37. The van der Waals surface area contributed by atoms with Crippen molar-refractivity contribution in [3.8, 4) is 0 Å². The van der Waals surface area contributed by atoms with Crippen LogP contribution in [0.4, 0.5) is 0 Å². The summed E-state index contributed by atoms with van der Waals surface area (Å²) in [4.78, 5) is 17.7. The van der Waals surface area contributed by atoms with Gasteiger partial charge in [0.25, 0.3) is 5.91 Å². The maximum atomic E-state index is 14.1. The third-order valence-corrected chi connectivity index (χ3v) is 5.00. The van der Waals surface area contributed by atoms with Crippen molar-refractivity contribution in [2.75, 3.05) is 0 Å². The molecular weight excluding hydrogens is 334 g/mol. The molecule has 3 rings (SSSR count). The molecule has 2 aromatic rings. The molecule has 1 N–H and O–H groups in total. The summed E-state index contributed by atoms with van der Waals surface area (Å²) in [5, 5.41) is 8.99. The number of nitrogens with zero attached hydrogens (tertiary/aromatic N) is 2. The zero-order valence-electron chi connectivity index (χ0n) is 17.1. The molecule has 0 unspecified atom stereocenters. The minimum atomic E-state index is -1.06. The lowest BCUT2D eigenvalue weighted by atomic mass is 9.79. The number of guanidine groups is 1. The van der Waals surface area contributed by atoms with E-state index in [-0.39, 0.29) is 11.9 Å². The molecule has 142 valence electrons. The number of amides is 1. The predicted octanol–water partition coefficient (Wildman–Crippen LogP) is 4.61. The van der Waals surface area contributed by atoms with E-state index >= 15 is 0 Å². The molecule has 1 aliphatic rings. The number of nitrogens with one attached hydrogen (secondary N) is 1. The van der Waals surface area contributed by atoms with Crippen molar-refractivity contribution < 1.29 is 4.79 Å². The van der Waals surface area contributed by atoms with Crippen molar-refractivity contribution in [2.45, 2.75) is 58.2 Å². The van der Waals surface area contributed by atoms with Gasteiger partial charge in [0.1, 0.15) is 0 Å². The first-order chi connectivity index (χ1) is 12.5. The lowest BCUT2D eigenvalue weighted by Crippen LogP contribution is -2.56. The largest absolute Gasteiger partial charge is 0.315 e. The SMILES string of the molecule is CC(C)(C)N1C(=N)N(C(C)(C)C)C(c2ccccc2)(c2ccccc2)C1=O. The zero-order valence-corrected chi connectivity index (χ0v) is 17.1.